The molecule has 0 radical (unpaired) electrons. The van der Waals surface area contributed by atoms with E-state index in [0.717, 1.165) is 16.7 Å². The molecule has 0 amide bonds. The summed E-state index contributed by atoms with van der Waals surface area (Å²) in [5, 5.41) is 0. The van der Waals surface area contributed by atoms with Gasteiger partial charge in [0.1, 0.15) is 0 Å². The Hall–Kier alpha value is 0. The van der Waals surface area contributed by atoms with Crippen LogP contribution in [0.25, 0.3) is 0 Å². The van der Waals surface area contributed by atoms with Crippen LogP contribution in [0.1, 0.15) is 41.0 Å². The molecule has 0 saturated heterocycles. The van der Waals surface area contributed by atoms with Crippen molar-refractivity contribution in [2.45, 2.75) is 41.0 Å². The predicted octanol–water partition coefficient (Wildman–Crippen LogP) is 3.08. The maximum absolute atomic E-state index is 2.46. The standard InChI is InChI=1S/C10H18/c1-6-7-9(4)8(2,3)10(7,9)5/h7H,6H2,1-5H3. The fourth-order valence-corrected chi connectivity index (χ4v) is 3.94. The van der Waals surface area contributed by atoms with E-state index < -0.39 is 0 Å². The first kappa shape index (κ1) is 6.69. The van der Waals surface area contributed by atoms with Crippen molar-refractivity contribution in [2.24, 2.45) is 22.2 Å². The molecular formula is C10H18. The highest BCUT2D eigenvalue weighted by atomic mass is 15.0. The van der Waals surface area contributed by atoms with Crippen molar-refractivity contribution in [3.8, 4) is 0 Å². The van der Waals surface area contributed by atoms with Crippen LogP contribution in [0.4, 0.5) is 0 Å². The second-order valence-corrected chi connectivity index (χ2v) is 4.99. The molecule has 0 aliphatic heterocycles. The van der Waals surface area contributed by atoms with Gasteiger partial charge in [-0.15, -0.1) is 0 Å². The first-order valence-electron chi connectivity index (χ1n) is 4.44. The molecule has 0 heteroatoms. The Kier molecular flexibility index (Phi) is 0.797. The molecule has 2 atom stereocenters. The highest BCUT2D eigenvalue weighted by Crippen LogP contribution is 3.00. The van der Waals surface area contributed by atoms with Gasteiger partial charge in [-0.1, -0.05) is 41.0 Å². The van der Waals surface area contributed by atoms with Crippen LogP contribution in [-0.4, -0.2) is 0 Å². The maximum atomic E-state index is 2.46. The second kappa shape index (κ2) is 1.19. The van der Waals surface area contributed by atoms with E-state index in [4.69, 9.17) is 0 Å². The van der Waals surface area contributed by atoms with Gasteiger partial charge in [-0.2, -0.15) is 0 Å². The molecule has 0 aromatic heterocycles. The van der Waals surface area contributed by atoms with E-state index in [1.807, 2.05) is 0 Å². The zero-order valence-corrected chi connectivity index (χ0v) is 7.78. The first-order valence-corrected chi connectivity index (χ1v) is 4.44. The third-order valence-electron chi connectivity index (χ3n) is 5.33. The zero-order valence-electron chi connectivity index (χ0n) is 7.78. The minimum Gasteiger partial charge on any atom is -0.0651 e. The van der Waals surface area contributed by atoms with Crippen molar-refractivity contribution in [2.75, 3.05) is 0 Å². The van der Waals surface area contributed by atoms with Gasteiger partial charge in [0.2, 0.25) is 0 Å². The molecule has 0 spiro atoms. The zero-order chi connectivity index (χ0) is 7.78. The Morgan fingerprint density at radius 1 is 1.00 bits per heavy atom. The van der Waals surface area contributed by atoms with E-state index in [-0.39, 0.29) is 0 Å². The molecule has 2 unspecified atom stereocenters. The summed E-state index contributed by atoms with van der Waals surface area (Å²) in [6.07, 6.45) is 1.39. The van der Waals surface area contributed by atoms with E-state index in [0.29, 0.717) is 5.41 Å². The van der Waals surface area contributed by atoms with Gasteiger partial charge in [-0.3, -0.25) is 0 Å². The van der Waals surface area contributed by atoms with Crippen LogP contribution >= 0.6 is 0 Å². The van der Waals surface area contributed by atoms with Crippen LogP contribution in [0.15, 0.2) is 0 Å². The van der Waals surface area contributed by atoms with Crippen molar-refractivity contribution in [3.05, 3.63) is 0 Å². The number of hydrogen-bond donors (Lipinski definition) is 0. The molecule has 58 valence electrons. The molecule has 2 aliphatic rings. The Bertz CT molecular complexity index is 174. The minimum absolute atomic E-state index is 0.653. The van der Waals surface area contributed by atoms with Crippen molar-refractivity contribution < 1.29 is 0 Å². The highest BCUT2D eigenvalue weighted by Gasteiger charge is 2.95. The van der Waals surface area contributed by atoms with Gasteiger partial charge in [-0.25, -0.2) is 0 Å². The van der Waals surface area contributed by atoms with E-state index in [2.05, 4.69) is 34.6 Å². The maximum Gasteiger partial charge on any atom is -0.0173 e. The lowest BCUT2D eigenvalue weighted by molar-refractivity contribution is 0.243. The van der Waals surface area contributed by atoms with Gasteiger partial charge in [0, 0.05) is 0 Å². The SMILES string of the molecule is CCC1C2(C)C(C)(C)C12C. The van der Waals surface area contributed by atoms with E-state index >= 15 is 0 Å². The fraction of sp³-hybridized carbons (Fsp3) is 1.00. The topological polar surface area (TPSA) is 0 Å². The molecule has 2 rings (SSSR count). The molecule has 0 aromatic rings. The lowest BCUT2D eigenvalue weighted by Crippen LogP contribution is -2.17. The summed E-state index contributed by atoms with van der Waals surface area (Å²) >= 11 is 0. The summed E-state index contributed by atoms with van der Waals surface area (Å²) < 4.78 is 0. The quantitative estimate of drug-likeness (QED) is 0.522. The number of rotatable bonds is 1. The molecule has 0 bridgehead atoms. The van der Waals surface area contributed by atoms with Gasteiger partial charge < -0.3 is 0 Å². The number of hydrogen-bond acceptors (Lipinski definition) is 0. The largest absolute Gasteiger partial charge is 0.0651 e. The average molecular weight is 138 g/mol. The van der Waals surface area contributed by atoms with E-state index in [9.17, 15) is 0 Å². The van der Waals surface area contributed by atoms with Gasteiger partial charge >= 0.3 is 0 Å². The molecule has 2 fully saturated rings. The molecule has 2 aliphatic carbocycles. The monoisotopic (exact) mass is 138 g/mol. The Labute approximate surface area is 64.0 Å². The fourth-order valence-electron chi connectivity index (χ4n) is 3.94. The van der Waals surface area contributed by atoms with Crippen LogP contribution in [0.2, 0.25) is 0 Å². The first-order chi connectivity index (χ1) is 4.44. The van der Waals surface area contributed by atoms with Gasteiger partial charge in [-0.05, 0) is 22.2 Å². The lowest BCUT2D eigenvalue weighted by atomic mass is 9.80. The second-order valence-electron chi connectivity index (χ2n) is 4.99. The molecular weight excluding hydrogens is 120 g/mol. The van der Waals surface area contributed by atoms with Gasteiger partial charge in [0.05, 0.1) is 0 Å². The predicted molar refractivity (Wildman–Crippen MR) is 43.8 cm³/mol. The van der Waals surface area contributed by atoms with Crippen molar-refractivity contribution >= 4 is 0 Å². The molecule has 0 aromatic carbocycles. The van der Waals surface area contributed by atoms with Gasteiger partial charge in [0.15, 0.2) is 0 Å². The van der Waals surface area contributed by atoms with E-state index in [1.54, 1.807) is 0 Å². The summed E-state index contributed by atoms with van der Waals surface area (Å²) in [6, 6.07) is 0. The summed E-state index contributed by atoms with van der Waals surface area (Å²) in [5.41, 5.74) is 2.09. The summed E-state index contributed by atoms with van der Waals surface area (Å²) in [4.78, 5) is 0. The Morgan fingerprint density at radius 3 is 1.50 bits per heavy atom. The Morgan fingerprint density at radius 2 is 1.40 bits per heavy atom. The molecule has 0 N–H and O–H groups in total. The highest BCUT2D eigenvalue weighted by molar-refractivity contribution is 5.42. The number of fused-ring (bicyclic) bond motifs is 1. The van der Waals surface area contributed by atoms with Crippen molar-refractivity contribution in [1.29, 1.82) is 0 Å². The molecule has 0 heterocycles. The van der Waals surface area contributed by atoms with Crippen molar-refractivity contribution in [3.63, 3.8) is 0 Å². The third-order valence-corrected chi connectivity index (χ3v) is 5.33. The summed E-state index contributed by atoms with van der Waals surface area (Å²) in [5.74, 6) is 1.04. The van der Waals surface area contributed by atoms with Crippen LogP contribution in [0.3, 0.4) is 0 Å². The van der Waals surface area contributed by atoms with E-state index in [1.165, 1.54) is 6.42 Å². The summed E-state index contributed by atoms with van der Waals surface area (Å²) in [6.45, 7) is 12.1. The molecule has 0 nitrogen and oxygen atoms in total. The normalized spacial score (nSPS) is 61.5. The van der Waals surface area contributed by atoms with Gasteiger partial charge in [0.25, 0.3) is 0 Å². The molecule has 2 saturated carbocycles. The van der Waals surface area contributed by atoms with Crippen LogP contribution in [-0.2, 0) is 0 Å². The van der Waals surface area contributed by atoms with Crippen LogP contribution < -0.4 is 0 Å². The smallest absolute Gasteiger partial charge is 0.0173 e. The third kappa shape index (κ3) is 0.286. The Balaban J connectivity index is 2.24. The van der Waals surface area contributed by atoms with Crippen molar-refractivity contribution in [1.82, 2.24) is 0 Å². The molecule has 10 heavy (non-hydrogen) atoms. The minimum atomic E-state index is 0.653. The lowest BCUT2D eigenvalue weighted by Gasteiger charge is -2.24. The van der Waals surface area contributed by atoms with Crippen LogP contribution in [0.5, 0.6) is 0 Å². The average Bonchev–Trinajstić information content (AvgIpc) is 2.47. The summed E-state index contributed by atoms with van der Waals surface area (Å²) in [7, 11) is 0. The van der Waals surface area contributed by atoms with Crippen LogP contribution in [0, 0.1) is 22.2 Å².